The number of ether oxygens (including phenoxy) is 1. The van der Waals surface area contributed by atoms with Crippen molar-refractivity contribution in [3.05, 3.63) is 36.3 Å². The van der Waals surface area contributed by atoms with Crippen molar-refractivity contribution < 1.29 is 4.74 Å². The number of aromatic amines is 1. The third-order valence-electron chi connectivity index (χ3n) is 8.54. The van der Waals surface area contributed by atoms with Gasteiger partial charge < -0.3 is 20.3 Å². The zero-order chi connectivity index (χ0) is 25.1. The van der Waals surface area contributed by atoms with Gasteiger partial charge in [-0.1, -0.05) is 0 Å². The van der Waals surface area contributed by atoms with E-state index in [-0.39, 0.29) is 30.0 Å². The Balaban J connectivity index is 0.00000264. The fraction of sp³-hybridized carbons (Fsp3) is 0.500. The van der Waals surface area contributed by atoms with Crippen LogP contribution in [0.4, 0.5) is 17.3 Å². The first-order valence-electron chi connectivity index (χ1n) is 13.1. The number of nitrogens with two attached hydrogens (primary N) is 1. The molecule has 0 aromatic carbocycles. The van der Waals surface area contributed by atoms with Crippen molar-refractivity contribution in [1.29, 1.82) is 0 Å². The van der Waals surface area contributed by atoms with Crippen LogP contribution in [0.2, 0.25) is 0 Å². The van der Waals surface area contributed by atoms with E-state index in [1.165, 1.54) is 0 Å². The molecule has 11 nitrogen and oxygen atoms in total. The summed E-state index contributed by atoms with van der Waals surface area (Å²) in [5, 5.41) is 12.1. The Morgan fingerprint density at radius 2 is 1.97 bits per heavy atom. The minimum atomic E-state index is 0. The van der Waals surface area contributed by atoms with Crippen LogP contribution >= 0.6 is 12.4 Å². The highest BCUT2D eigenvalue weighted by atomic mass is 35.5. The van der Waals surface area contributed by atoms with Crippen molar-refractivity contribution in [1.82, 2.24) is 34.9 Å². The number of hydrogen-bond donors (Lipinski definition) is 2. The van der Waals surface area contributed by atoms with Gasteiger partial charge in [-0.05, 0) is 50.8 Å². The van der Waals surface area contributed by atoms with Crippen LogP contribution < -0.4 is 15.5 Å². The number of anilines is 3. The predicted molar refractivity (Wildman–Crippen MR) is 148 cm³/mol. The van der Waals surface area contributed by atoms with Gasteiger partial charge in [0.25, 0.3) is 0 Å². The maximum Gasteiger partial charge on any atom is 0.183 e. The molecule has 2 fully saturated rings. The van der Waals surface area contributed by atoms with Crippen molar-refractivity contribution >= 4 is 40.9 Å². The zero-order valence-electron chi connectivity index (χ0n) is 21.7. The average Bonchev–Trinajstić information content (AvgIpc) is 3.62. The smallest absolute Gasteiger partial charge is 0.183 e. The molecule has 12 heteroatoms. The molecule has 0 aliphatic carbocycles. The number of rotatable bonds is 3. The number of H-pyrrole nitrogens is 1. The van der Waals surface area contributed by atoms with E-state index in [0.717, 1.165) is 91.8 Å². The highest BCUT2D eigenvalue weighted by molar-refractivity contribution is 5.87. The Hall–Kier alpha value is -3.28. The van der Waals surface area contributed by atoms with Gasteiger partial charge in [0, 0.05) is 44.3 Å². The first-order valence-corrected chi connectivity index (χ1v) is 13.1. The van der Waals surface area contributed by atoms with Crippen LogP contribution in [0, 0.1) is 5.41 Å². The quantitative estimate of drug-likeness (QED) is 0.406. The van der Waals surface area contributed by atoms with E-state index in [4.69, 9.17) is 25.4 Å². The Morgan fingerprint density at radius 1 is 1.13 bits per heavy atom. The normalized spacial score (nSPS) is 22.6. The molecule has 200 valence electrons. The Bertz CT molecular complexity index is 1460. The fourth-order valence-corrected chi connectivity index (χ4v) is 6.21. The molecule has 2 saturated heterocycles. The topological polar surface area (TPSA) is 127 Å². The lowest BCUT2D eigenvalue weighted by atomic mass is 9.73. The molecule has 4 aromatic rings. The summed E-state index contributed by atoms with van der Waals surface area (Å²) in [6, 6.07) is 6.27. The largest absolute Gasteiger partial charge is 0.376 e. The number of hydrogen-bond acceptors (Lipinski definition) is 9. The van der Waals surface area contributed by atoms with E-state index < -0.39 is 0 Å². The molecule has 0 amide bonds. The summed E-state index contributed by atoms with van der Waals surface area (Å²) >= 11 is 0. The number of halogens is 1. The third-order valence-corrected chi connectivity index (χ3v) is 8.54. The maximum absolute atomic E-state index is 6.50. The van der Waals surface area contributed by atoms with Crippen LogP contribution in [0.3, 0.4) is 0 Å². The monoisotopic (exact) mass is 536 g/mol. The van der Waals surface area contributed by atoms with E-state index in [1.54, 1.807) is 6.20 Å². The summed E-state index contributed by atoms with van der Waals surface area (Å²) < 4.78 is 7.72. The molecule has 7 rings (SSSR count). The fourth-order valence-electron chi connectivity index (χ4n) is 6.21. The van der Waals surface area contributed by atoms with E-state index >= 15 is 0 Å². The van der Waals surface area contributed by atoms with Crippen LogP contribution in [-0.2, 0) is 18.2 Å². The maximum atomic E-state index is 6.50. The first-order chi connectivity index (χ1) is 18.0. The summed E-state index contributed by atoms with van der Waals surface area (Å²) in [5.74, 6) is 1.67. The number of fused-ring (bicyclic) bond motifs is 2. The van der Waals surface area contributed by atoms with Gasteiger partial charge >= 0.3 is 0 Å². The molecule has 7 heterocycles. The van der Waals surface area contributed by atoms with Crippen molar-refractivity contribution in [2.75, 3.05) is 36.0 Å². The lowest BCUT2D eigenvalue weighted by Gasteiger charge is -2.41. The van der Waals surface area contributed by atoms with Crippen LogP contribution in [0.1, 0.15) is 31.9 Å². The molecule has 1 spiro atoms. The third kappa shape index (κ3) is 3.91. The van der Waals surface area contributed by atoms with Gasteiger partial charge in [-0.2, -0.15) is 10.2 Å². The molecule has 0 bridgehead atoms. The molecular formula is C26H33ClN10O. The lowest BCUT2D eigenvalue weighted by Crippen LogP contribution is -2.50. The van der Waals surface area contributed by atoms with E-state index in [9.17, 15) is 0 Å². The second-order valence-electron chi connectivity index (χ2n) is 10.6. The number of piperidine rings is 1. The molecule has 3 aliphatic heterocycles. The molecule has 0 saturated carbocycles. The van der Waals surface area contributed by atoms with Gasteiger partial charge in [-0.25, -0.2) is 15.0 Å². The number of nitrogens with zero attached hydrogens (tertiary/aromatic N) is 8. The van der Waals surface area contributed by atoms with Crippen LogP contribution in [0.15, 0.2) is 30.6 Å². The van der Waals surface area contributed by atoms with Crippen molar-refractivity contribution in [3.63, 3.8) is 0 Å². The number of aryl methyl sites for hydroxylation is 2. The van der Waals surface area contributed by atoms with Gasteiger partial charge in [0.1, 0.15) is 5.82 Å². The molecular weight excluding hydrogens is 504 g/mol. The minimum absolute atomic E-state index is 0. The van der Waals surface area contributed by atoms with E-state index in [0.29, 0.717) is 5.65 Å². The number of nitrogens with one attached hydrogen (secondary N) is 1. The Morgan fingerprint density at radius 3 is 2.71 bits per heavy atom. The summed E-state index contributed by atoms with van der Waals surface area (Å²) in [6.45, 7) is 5.49. The zero-order valence-corrected chi connectivity index (χ0v) is 22.5. The van der Waals surface area contributed by atoms with Gasteiger partial charge in [-0.3, -0.25) is 9.78 Å². The molecule has 2 atom stereocenters. The van der Waals surface area contributed by atoms with Gasteiger partial charge in [0.05, 0.1) is 41.7 Å². The second-order valence-corrected chi connectivity index (χ2v) is 10.6. The molecule has 0 radical (unpaired) electrons. The molecule has 0 unspecified atom stereocenters. The Labute approximate surface area is 227 Å². The SMILES string of the molecule is C[C@@H]1OCC2(CCN(c3cnc4c(N5CCCc6nc(-c7ccnn7C)ccc65)n[nH]c4n3)CC2)[C@@H]1N.Cl. The highest BCUT2D eigenvalue weighted by Gasteiger charge is 2.47. The first kappa shape index (κ1) is 25.0. The predicted octanol–water partition coefficient (Wildman–Crippen LogP) is 2.99. The number of aromatic nitrogens is 7. The van der Waals surface area contributed by atoms with E-state index in [1.807, 2.05) is 24.0 Å². The van der Waals surface area contributed by atoms with Gasteiger partial charge in [-0.15, -0.1) is 12.4 Å². The standard InChI is InChI=1S/C26H32N10O.ClH/c1-16-23(27)26(15-37-16)8-12-35(13-9-26)21-14-28-22-24(31-21)32-33-25(22)36-11-3-4-17-20(36)6-5-18(30-17)19-7-10-29-34(19)2;/h5-7,10,14,16,23H,3-4,8-9,11-13,15,27H2,1-2H3,(H,31,32,33);1H/t16-,23+;/m0./s1. The van der Waals surface area contributed by atoms with E-state index in [2.05, 4.69) is 44.2 Å². The lowest BCUT2D eigenvalue weighted by molar-refractivity contribution is 0.0974. The number of pyridine rings is 1. The van der Waals surface area contributed by atoms with Crippen LogP contribution in [0.25, 0.3) is 22.6 Å². The molecule has 38 heavy (non-hydrogen) atoms. The molecule has 3 N–H and O–H groups in total. The van der Waals surface area contributed by atoms with Crippen LogP contribution in [0.5, 0.6) is 0 Å². The van der Waals surface area contributed by atoms with Gasteiger partial charge in [0.15, 0.2) is 17.0 Å². The summed E-state index contributed by atoms with van der Waals surface area (Å²) in [5.41, 5.74) is 12.1. The van der Waals surface area contributed by atoms with Crippen molar-refractivity contribution in [2.45, 2.75) is 44.8 Å². The summed E-state index contributed by atoms with van der Waals surface area (Å²) in [6.07, 6.45) is 7.74. The average molecular weight is 537 g/mol. The summed E-state index contributed by atoms with van der Waals surface area (Å²) in [4.78, 5) is 19.2. The highest BCUT2D eigenvalue weighted by Crippen LogP contribution is 2.42. The second kappa shape index (κ2) is 9.48. The van der Waals surface area contributed by atoms with Crippen LogP contribution in [-0.4, -0.2) is 73.3 Å². The van der Waals surface area contributed by atoms with Gasteiger partial charge in [0.2, 0.25) is 0 Å². The molecule has 3 aliphatic rings. The van der Waals surface area contributed by atoms with Crippen molar-refractivity contribution in [3.8, 4) is 11.4 Å². The summed E-state index contributed by atoms with van der Waals surface area (Å²) in [7, 11) is 1.94. The molecule has 4 aromatic heterocycles. The van der Waals surface area contributed by atoms with Crippen molar-refractivity contribution in [2.24, 2.45) is 18.2 Å². The Kier molecular flexibility index (Phi) is 6.24. The minimum Gasteiger partial charge on any atom is -0.376 e.